The van der Waals surface area contributed by atoms with E-state index in [1.807, 2.05) is 0 Å². The first-order valence-corrected chi connectivity index (χ1v) is 17.4. The van der Waals surface area contributed by atoms with Crippen molar-refractivity contribution in [2.45, 2.75) is 88.7 Å². The average Bonchev–Trinajstić information content (AvgIpc) is 3.51. The number of carbonyl (C=O) groups is 2. The maximum Gasteiger partial charge on any atom is 0.317 e. The second kappa shape index (κ2) is 11.6. The first kappa shape index (κ1) is 31.3. The molecule has 1 aliphatic heterocycles. The Hall–Kier alpha value is -1.71. The van der Waals surface area contributed by atoms with E-state index in [-0.39, 0.29) is 48.6 Å². The highest BCUT2D eigenvalue weighted by molar-refractivity contribution is 7.98. The first-order valence-electron chi connectivity index (χ1n) is 16.2. The van der Waals surface area contributed by atoms with Gasteiger partial charge in [-0.1, -0.05) is 51.0 Å². The Morgan fingerprint density at radius 2 is 1.93 bits per heavy atom. The number of hydrogen-bond donors (Lipinski definition) is 1. The van der Waals surface area contributed by atoms with E-state index < -0.39 is 22.4 Å². The van der Waals surface area contributed by atoms with Crippen molar-refractivity contribution >= 4 is 24.0 Å². The van der Waals surface area contributed by atoms with Gasteiger partial charge >= 0.3 is 5.97 Å². The Balaban J connectivity index is 1.32. The van der Waals surface area contributed by atoms with Crippen LogP contribution in [-0.4, -0.2) is 79.2 Å². The minimum absolute atomic E-state index is 0.0173. The van der Waals surface area contributed by atoms with Gasteiger partial charge in [0.05, 0.1) is 35.9 Å². The van der Waals surface area contributed by atoms with E-state index in [9.17, 15) is 14.7 Å². The lowest BCUT2D eigenvalue weighted by Crippen LogP contribution is -2.66. The number of nitrogens with zero attached hydrogens (tertiary/aromatic N) is 1. The number of methoxy groups -OCH3 is 1. The van der Waals surface area contributed by atoms with E-state index in [1.54, 1.807) is 18.9 Å². The number of carbonyl (C=O) groups excluding carboxylic acids is 1. The summed E-state index contributed by atoms with van der Waals surface area (Å²) in [5.74, 6) is -0.140. The average molecular weight is 612 g/mol. The third-order valence-electron chi connectivity index (χ3n) is 12.1. The molecule has 0 spiro atoms. The van der Waals surface area contributed by atoms with Crippen molar-refractivity contribution < 1.29 is 28.9 Å². The molecule has 1 aromatic carbocycles. The monoisotopic (exact) mass is 611 g/mol. The molecular weight excluding hydrogens is 562 g/mol. The van der Waals surface area contributed by atoms with Crippen LogP contribution in [0.15, 0.2) is 40.8 Å². The highest BCUT2D eigenvalue weighted by atomic mass is 32.2. The molecule has 4 bridgehead atoms. The second-order valence-corrected chi connectivity index (χ2v) is 15.2. The van der Waals surface area contributed by atoms with Crippen molar-refractivity contribution in [3.63, 3.8) is 0 Å². The maximum atomic E-state index is 13.8. The zero-order valence-corrected chi connectivity index (χ0v) is 27.4. The van der Waals surface area contributed by atoms with Crippen molar-refractivity contribution in [3.8, 4) is 0 Å². The van der Waals surface area contributed by atoms with Crippen LogP contribution >= 0.6 is 11.8 Å². The molecule has 5 aliphatic rings. The van der Waals surface area contributed by atoms with Gasteiger partial charge in [-0.05, 0) is 73.8 Å². The lowest BCUT2D eigenvalue weighted by molar-refractivity contribution is -0.218. The van der Waals surface area contributed by atoms with E-state index in [4.69, 9.17) is 14.2 Å². The highest BCUT2D eigenvalue weighted by Gasteiger charge is 2.85. The molecular formula is C35H49NO6S. The fourth-order valence-corrected chi connectivity index (χ4v) is 10.7. The molecule has 1 N–H and O–H groups in total. The second-order valence-electron chi connectivity index (χ2n) is 14.3. The Labute approximate surface area is 261 Å². The molecule has 1 saturated heterocycles. The predicted octanol–water partition coefficient (Wildman–Crippen LogP) is 5.71. The summed E-state index contributed by atoms with van der Waals surface area (Å²) in [6.45, 7) is 10.9. The summed E-state index contributed by atoms with van der Waals surface area (Å²) in [7, 11) is 1.73. The molecule has 3 saturated carbocycles. The lowest BCUT2D eigenvalue weighted by Gasteiger charge is -2.58. The fraction of sp³-hybridized carbons (Fsp3) is 0.714. The third kappa shape index (κ3) is 4.52. The minimum Gasteiger partial charge on any atom is -0.480 e. The van der Waals surface area contributed by atoms with Crippen LogP contribution in [0.2, 0.25) is 0 Å². The number of aliphatic carboxylic acids is 1. The molecule has 236 valence electrons. The molecule has 0 amide bonds. The number of thioether (sulfide) groups is 1. The van der Waals surface area contributed by atoms with Gasteiger partial charge in [-0.2, -0.15) is 0 Å². The quantitative estimate of drug-likeness (QED) is 0.205. The van der Waals surface area contributed by atoms with Gasteiger partial charge in [0.25, 0.3) is 0 Å². The number of ether oxygens (including phenoxy) is 3. The highest BCUT2D eigenvalue weighted by Crippen LogP contribution is 2.80. The normalized spacial score (nSPS) is 42.1. The lowest BCUT2D eigenvalue weighted by atomic mass is 9.45. The molecule has 1 aromatic rings. The van der Waals surface area contributed by atoms with Crippen molar-refractivity contribution in [2.75, 3.05) is 33.1 Å². The van der Waals surface area contributed by atoms with Gasteiger partial charge in [0.2, 0.25) is 0 Å². The largest absolute Gasteiger partial charge is 0.480 e. The summed E-state index contributed by atoms with van der Waals surface area (Å²) in [5, 5.41) is 11.3. The Morgan fingerprint density at radius 3 is 2.56 bits per heavy atom. The van der Waals surface area contributed by atoms with Crippen LogP contribution in [0.3, 0.4) is 0 Å². The zero-order chi connectivity index (χ0) is 30.7. The topological polar surface area (TPSA) is 85.3 Å². The van der Waals surface area contributed by atoms with Gasteiger partial charge < -0.3 is 24.1 Å². The smallest absolute Gasteiger partial charge is 0.317 e. The molecule has 1 heterocycles. The number of benzene rings is 1. The standard InChI is InChI=1S/C35H49NO6S/c1-21(2)30-13-25-14-33(20-37)29-12-7-22(3)28(29)15-34(25,35(30,33)32(38)39)41-19-26-17-36(18-31(40-5)23(4)42-26)16-24-8-10-27(43-6)11-9-24/h8-11,13,20-23,25-26,28-29,31H,7,12,14-19H2,1-6H3,(H,38,39)/t22-,23-,25+,26-,28-,29-,31+,33+,34+,35+/m1/s1. The van der Waals surface area contributed by atoms with Crippen molar-refractivity contribution in [1.29, 1.82) is 0 Å². The van der Waals surface area contributed by atoms with Crippen molar-refractivity contribution in [1.82, 2.24) is 4.90 Å². The number of fused-ring (bicyclic) bond motifs is 2. The Kier molecular flexibility index (Phi) is 8.42. The van der Waals surface area contributed by atoms with Gasteiger partial charge in [-0.25, -0.2) is 0 Å². The molecule has 43 heavy (non-hydrogen) atoms. The summed E-state index contributed by atoms with van der Waals surface area (Å²) < 4.78 is 19.6. The number of carboxylic acids is 1. The maximum absolute atomic E-state index is 13.8. The van der Waals surface area contributed by atoms with Crippen LogP contribution in [0.25, 0.3) is 0 Å². The minimum atomic E-state index is -1.34. The van der Waals surface area contributed by atoms with Crippen LogP contribution in [0.1, 0.15) is 58.9 Å². The summed E-state index contributed by atoms with van der Waals surface area (Å²) in [6, 6.07) is 8.67. The van der Waals surface area contributed by atoms with Gasteiger partial charge in [-0.3, -0.25) is 9.69 Å². The number of rotatable bonds is 10. The number of hydrogen-bond acceptors (Lipinski definition) is 7. The third-order valence-corrected chi connectivity index (χ3v) is 12.8. The SMILES string of the molecule is CO[C@H]1CN(Cc2ccc(SC)cc2)C[C@H](CO[C@@]23C[C@@H]4[C@H](C)CC[C@H]4[C@@]4(C=O)C[C@@H]2C=C(C(C)C)[C@@]34C(=O)O)O[C@@H]1C. The van der Waals surface area contributed by atoms with E-state index >= 15 is 0 Å². The molecule has 0 radical (unpaired) electrons. The predicted molar refractivity (Wildman–Crippen MR) is 167 cm³/mol. The molecule has 4 fully saturated rings. The van der Waals surface area contributed by atoms with Crippen LogP contribution < -0.4 is 0 Å². The molecule has 7 nitrogen and oxygen atoms in total. The molecule has 0 unspecified atom stereocenters. The summed E-state index contributed by atoms with van der Waals surface area (Å²) in [5.41, 5.74) is -1.09. The summed E-state index contributed by atoms with van der Waals surface area (Å²) in [4.78, 5) is 30.7. The first-order chi connectivity index (χ1) is 20.6. The number of aldehydes is 1. The zero-order valence-electron chi connectivity index (χ0n) is 26.6. The van der Waals surface area contributed by atoms with Crippen LogP contribution in [-0.2, 0) is 30.3 Å². The molecule has 0 aromatic heterocycles. The molecule has 6 rings (SSSR count). The van der Waals surface area contributed by atoms with Crippen molar-refractivity contribution in [3.05, 3.63) is 41.5 Å². The van der Waals surface area contributed by atoms with Gasteiger partial charge in [-0.15, -0.1) is 11.8 Å². The van der Waals surface area contributed by atoms with Gasteiger partial charge in [0, 0.05) is 37.6 Å². The number of carboxylic acid groups (broad SMARTS) is 1. The fourth-order valence-electron chi connectivity index (χ4n) is 10.3. The van der Waals surface area contributed by atoms with Crippen molar-refractivity contribution in [2.24, 2.45) is 40.4 Å². The van der Waals surface area contributed by atoms with Crippen LogP contribution in [0, 0.1) is 40.4 Å². The van der Waals surface area contributed by atoms with E-state index in [0.717, 1.165) is 37.8 Å². The Bertz CT molecular complexity index is 1250. The molecule has 10 atom stereocenters. The molecule has 4 aliphatic carbocycles. The van der Waals surface area contributed by atoms with E-state index in [0.29, 0.717) is 25.3 Å². The van der Waals surface area contributed by atoms with E-state index in [1.165, 1.54) is 10.5 Å². The summed E-state index contributed by atoms with van der Waals surface area (Å²) >= 11 is 1.73. The van der Waals surface area contributed by atoms with Gasteiger partial charge in [0.1, 0.15) is 11.7 Å². The Morgan fingerprint density at radius 1 is 1.19 bits per heavy atom. The summed E-state index contributed by atoms with van der Waals surface area (Å²) in [6.07, 6.45) is 8.05. The van der Waals surface area contributed by atoms with E-state index in [2.05, 4.69) is 69.2 Å². The van der Waals surface area contributed by atoms with Crippen LogP contribution in [0.5, 0.6) is 0 Å². The van der Waals surface area contributed by atoms with Crippen LogP contribution in [0.4, 0.5) is 0 Å². The molecule has 8 heteroatoms. The van der Waals surface area contributed by atoms with Gasteiger partial charge in [0.15, 0.2) is 0 Å².